The van der Waals surface area contributed by atoms with Crippen LogP contribution in [0.3, 0.4) is 0 Å². The topological polar surface area (TPSA) is 63.0 Å². The number of hydrogen-bond acceptors (Lipinski definition) is 5. The van der Waals surface area contributed by atoms with Gasteiger partial charge in [-0.3, -0.25) is 9.59 Å². The third kappa shape index (κ3) is 5.28. The van der Waals surface area contributed by atoms with Crippen LogP contribution in [0, 0.1) is 12.8 Å². The summed E-state index contributed by atoms with van der Waals surface area (Å²) in [6.45, 7) is 6.05. The lowest BCUT2D eigenvalue weighted by Gasteiger charge is -2.38. The van der Waals surface area contributed by atoms with Gasteiger partial charge >= 0.3 is 0 Å². The molecular weight excluding hydrogens is 368 g/mol. The van der Waals surface area contributed by atoms with Crippen LogP contribution in [0.5, 0.6) is 0 Å². The van der Waals surface area contributed by atoms with Crippen LogP contribution < -0.4 is 5.43 Å². The number of likely N-dealkylation sites (tertiary alicyclic amines) is 1. The fourth-order valence-corrected chi connectivity index (χ4v) is 5.22. The normalized spacial score (nSPS) is 24.2. The Morgan fingerprint density at radius 1 is 1.07 bits per heavy atom. The van der Waals surface area contributed by atoms with Crippen LogP contribution in [0.2, 0.25) is 0 Å². The molecule has 0 N–H and O–H groups in total. The Bertz CT molecular complexity index is 741. The zero-order valence-electron chi connectivity index (χ0n) is 17.6. The van der Waals surface area contributed by atoms with Gasteiger partial charge in [0.05, 0.1) is 6.10 Å². The minimum atomic E-state index is -0.181. The molecule has 3 heterocycles. The Hall–Kier alpha value is -1.66. The van der Waals surface area contributed by atoms with Gasteiger partial charge in [0, 0.05) is 37.9 Å². The van der Waals surface area contributed by atoms with Crippen molar-refractivity contribution >= 4 is 5.91 Å². The second kappa shape index (κ2) is 9.43. The lowest BCUT2D eigenvalue weighted by Crippen LogP contribution is -2.45. The molecule has 0 aromatic carbocycles. The number of piperidine rings is 1. The van der Waals surface area contributed by atoms with Crippen molar-refractivity contribution in [3.05, 3.63) is 33.9 Å². The predicted octanol–water partition coefficient (Wildman–Crippen LogP) is 3.22. The van der Waals surface area contributed by atoms with Gasteiger partial charge in [-0.25, -0.2) is 0 Å². The van der Waals surface area contributed by atoms with Gasteiger partial charge < -0.3 is 19.0 Å². The van der Waals surface area contributed by atoms with E-state index in [2.05, 4.69) is 4.90 Å². The van der Waals surface area contributed by atoms with E-state index < -0.39 is 0 Å². The smallest absolute Gasteiger partial charge is 0.289 e. The van der Waals surface area contributed by atoms with Gasteiger partial charge in [-0.15, -0.1) is 0 Å². The maximum atomic E-state index is 13.2. The van der Waals surface area contributed by atoms with E-state index in [4.69, 9.17) is 9.15 Å². The van der Waals surface area contributed by atoms with Crippen molar-refractivity contribution in [1.29, 1.82) is 0 Å². The van der Waals surface area contributed by atoms with E-state index in [-0.39, 0.29) is 23.2 Å². The number of ether oxygens (including phenoxy) is 1. The van der Waals surface area contributed by atoms with E-state index in [1.165, 1.54) is 37.8 Å². The maximum absolute atomic E-state index is 13.2. The number of rotatable bonds is 6. The van der Waals surface area contributed by atoms with E-state index in [1.807, 2.05) is 4.90 Å². The summed E-state index contributed by atoms with van der Waals surface area (Å²) in [6, 6.07) is 3.52. The molecule has 1 aromatic heterocycles. The summed E-state index contributed by atoms with van der Waals surface area (Å²) in [5.74, 6) is 0.938. The molecule has 0 spiro atoms. The lowest BCUT2D eigenvalue weighted by atomic mass is 9.94. The molecule has 6 heteroatoms. The highest BCUT2D eigenvalue weighted by atomic mass is 16.5. The highest BCUT2D eigenvalue weighted by molar-refractivity contribution is 5.91. The van der Waals surface area contributed by atoms with E-state index in [9.17, 15) is 9.59 Å². The van der Waals surface area contributed by atoms with Crippen LogP contribution in [0.15, 0.2) is 21.3 Å². The molecule has 0 bridgehead atoms. The molecule has 3 aliphatic rings. The Labute approximate surface area is 173 Å². The Kier molecular flexibility index (Phi) is 6.70. The van der Waals surface area contributed by atoms with Crippen molar-refractivity contribution in [3.8, 4) is 0 Å². The van der Waals surface area contributed by atoms with Crippen LogP contribution in [-0.2, 0) is 4.74 Å². The summed E-state index contributed by atoms with van der Waals surface area (Å²) in [7, 11) is 0. The number of nitrogens with zero attached hydrogens (tertiary/aromatic N) is 2. The largest absolute Gasteiger partial charge is 0.456 e. The molecule has 2 saturated heterocycles. The standard InChI is InChI=1S/C23H34N2O4/c1-17-13-20(26)14-22(29-17)23(27)25(16-21-7-4-12-28-21)15-18-8-10-24(11-9-18)19-5-2-3-6-19/h13-14,18-19,21H,2-12,15-16H2,1H3/t21-/m0/s1. The second-order valence-electron chi connectivity index (χ2n) is 9.03. The van der Waals surface area contributed by atoms with Gasteiger partial charge in [0.25, 0.3) is 5.91 Å². The quantitative estimate of drug-likeness (QED) is 0.731. The molecule has 2 aliphatic heterocycles. The summed E-state index contributed by atoms with van der Waals surface area (Å²) >= 11 is 0. The monoisotopic (exact) mass is 402 g/mol. The van der Waals surface area contributed by atoms with Gasteiger partial charge in [-0.1, -0.05) is 12.8 Å². The van der Waals surface area contributed by atoms with Crippen molar-refractivity contribution < 1.29 is 13.9 Å². The molecule has 160 valence electrons. The van der Waals surface area contributed by atoms with E-state index in [0.717, 1.165) is 58.0 Å². The zero-order valence-corrected chi connectivity index (χ0v) is 17.6. The fraction of sp³-hybridized carbons (Fsp3) is 0.739. The van der Waals surface area contributed by atoms with Crippen molar-refractivity contribution in [3.63, 3.8) is 0 Å². The summed E-state index contributed by atoms with van der Waals surface area (Å²) < 4.78 is 11.4. The van der Waals surface area contributed by atoms with Crippen LogP contribution in [0.4, 0.5) is 0 Å². The summed E-state index contributed by atoms with van der Waals surface area (Å²) in [5.41, 5.74) is -0.181. The van der Waals surface area contributed by atoms with Gasteiger partial charge in [-0.2, -0.15) is 0 Å². The molecule has 3 fully saturated rings. The number of hydrogen-bond donors (Lipinski definition) is 0. The van der Waals surface area contributed by atoms with E-state index >= 15 is 0 Å². The molecule has 4 rings (SSSR count). The van der Waals surface area contributed by atoms with Crippen molar-refractivity contribution in [1.82, 2.24) is 9.80 Å². The van der Waals surface area contributed by atoms with Crippen molar-refractivity contribution in [2.45, 2.75) is 70.4 Å². The third-order valence-electron chi connectivity index (χ3n) is 6.80. The number of amides is 1. The van der Waals surface area contributed by atoms with Gasteiger partial charge in [0.2, 0.25) is 0 Å². The van der Waals surface area contributed by atoms with Crippen LogP contribution in [-0.4, -0.2) is 60.6 Å². The predicted molar refractivity (Wildman–Crippen MR) is 111 cm³/mol. The lowest BCUT2D eigenvalue weighted by molar-refractivity contribution is 0.0405. The average molecular weight is 403 g/mol. The first-order chi connectivity index (χ1) is 14.1. The fourth-order valence-electron chi connectivity index (χ4n) is 5.22. The van der Waals surface area contributed by atoms with E-state index in [0.29, 0.717) is 18.2 Å². The third-order valence-corrected chi connectivity index (χ3v) is 6.80. The first-order valence-corrected chi connectivity index (χ1v) is 11.4. The Morgan fingerprint density at radius 3 is 2.48 bits per heavy atom. The Morgan fingerprint density at radius 2 is 1.83 bits per heavy atom. The molecule has 6 nitrogen and oxygen atoms in total. The molecule has 1 atom stereocenters. The molecular formula is C23H34N2O4. The highest BCUT2D eigenvalue weighted by Gasteiger charge is 2.31. The Balaban J connectivity index is 1.41. The molecule has 1 aromatic rings. The highest BCUT2D eigenvalue weighted by Crippen LogP contribution is 2.28. The summed E-state index contributed by atoms with van der Waals surface area (Å²) in [6.07, 6.45) is 9.82. The molecule has 1 amide bonds. The van der Waals surface area contributed by atoms with Crippen molar-refractivity contribution in [2.75, 3.05) is 32.8 Å². The second-order valence-corrected chi connectivity index (χ2v) is 9.03. The number of aryl methyl sites for hydroxylation is 1. The number of carbonyl (C=O) groups excluding carboxylic acids is 1. The molecule has 1 saturated carbocycles. The summed E-state index contributed by atoms with van der Waals surface area (Å²) in [5, 5.41) is 0. The first-order valence-electron chi connectivity index (χ1n) is 11.4. The van der Waals surface area contributed by atoms with E-state index in [1.54, 1.807) is 6.92 Å². The number of carbonyl (C=O) groups is 1. The molecule has 0 radical (unpaired) electrons. The average Bonchev–Trinajstić information content (AvgIpc) is 3.41. The molecule has 0 unspecified atom stereocenters. The summed E-state index contributed by atoms with van der Waals surface area (Å²) in [4.78, 5) is 29.6. The SMILES string of the molecule is Cc1cc(=O)cc(C(=O)N(CC2CCN(C3CCCC3)CC2)C[C@@H]2CCCO2)o1. The van der Waals surface area contributed by atoms with Gasteiger partial charge in [-0.05, 0) is 64.5 Å². The van der Waals surface area contributed by atoms with Gasteiger partial charge in [0.15, 0.2) is 11.2 Å². The molecule has 1 aliphatic carbocycles. The van der Waals surface area contributed by atoms with Gasteiger partial charge in [0.1, 0.15) is 5.76 Å². The first kappa shape index (κ1) is 20.6. The molecule has 29 heavy (non-hydrogen) atoms. The maximum Gasteiger partial charge on any atom is 0.289 e. The van der Waals surface area contributed by atoms with Crippen molar-refractivity contribution in [2.24, 2.45) is 5.92 Å². The zero-order chi connectivity index (χ0) is 20.2. The minimum absolute atomic E-state index is 0.0917. The van der Waals surface area contributed by atoms with Crippen LogP contribution >= 0.6 is 0 Å². The van der Waals surface area contributed by atoms with Crippen LogP contribution in [0.1, 0.15) is 67.7 Å². The minimum Gasteiger partial charge on any atom is -0.456 e. The van der Waals surface area contributed by atoms with Crippen LogP contribution in [0.25, 0.3) is 0 Å².